The van der Waals surface area contributed by atoms with Crippen molar-refractivity contribution in [3.8, 4) is 5.75 Å². The maximum atomic E-state index is 5.71. The van der Waals surface area contributed by atoms with E-state index in [1.165, 1.54) is 11.1 Å². The van der Waals surface area contributed by atoms with Crippen LogP contribution in [0, 0.1) is 0 Å². The molecule has 0 fully saturated rings. The molecule has 4 heteroatoms. The summed E-state index contributed by atoms with van der Waals surface area (Å²) in [4.78, 5) is 3.99. The Morgan fingerprint density at radius 1 is 1.24 bits per heavy atom. The number of aromatic nitrogens is 2. The Morgan fingerprint density at radius 2 is 2.18 bits per heavy atom. The molecular weight excluding hydrogens is 214 g/mol. The van der Waals surface area contributed by atoms with E-state index in [1.807, 2.05) is 16.8 Å². The standard InChI is InChI=1S/C13H14N3O/c1-2-13(7-12-9-15-8-11(1)12)17-6-5-16-4-3-14-10-16/h1-4,7,10H,5-6,8-9H2. The number of benzene rings is 1. The Kier molecular flexibility index (Phi) is 2.80. The van der Waals surface area contributed by atoms with Crippen LogP contribution in [0.5, 0.6) is 5.75 Å². The topological polar surface area (TPSA) is 41.2 Å². The van der Waals surface area contributed by atoms with Gasteiger partial charge in [-0.15, -0.1) is 0 Å². The Morgan fingerprint density at radius 3 is 3.06 bits per heavy atom. The fourth-order valence-electron chi connectivity index (χ4n) is 1.98. The van der Waals surface area contributed by atoms with Crippen LogP contribution in [0.3, 0.4) is 0 Å². The molecule has 0 unspecified atom stereocenters. The molecule has 17 heavy (non-hydrogen) atoms. The highest BCUT2D eigenvalue weighted by atomic mass is 16.5. The summed E-state index contributed by atoms with van der Waals surface area (Å²) >= 11 is 0. The Bertz CT molecular complexity index is 493. The monoisotopic (exact) mass is 228 g/mol. The molecule has 0 amide bonds. The van der Waals surface area contributed by atoms with Crippen LogP contribution < -0.4 is 10.1 Å². The minimum atomic E-state index is 0.659. The lowest BCUT2D eigenvalue weighted by Crippen LogP contribution is -2.06. The third-order valence-electron chi connectivity index (χ3n) is 2.92. The van der Waals surface area contributed by atoms with Gasteiger partial charge >= 0.3 is 0 Å². The van der Waals surface area contributed by atoms with E-state index in [2.05, 4.69) is 22.4 Å². The number of hydrogen-bond acceptors (Lipinski definition) is 2. The van der Waals surface area contributed by atoms with Gasteiger partial charge in [-0.1, -0.05) is 6.07 Å². The largest absolute Gasteiger partial charge is 0.492 e. The lowest BCUT2D eigenvalue weighted by atomic mass is 10.1. The smallest absolute Gasteiger partial charge is 0.119 e. The first-order valence-corrected chi connectivity index (χ1v) is 5.75. The Labute approximate surface area is 100 Å². The average Bonchev–Trinajstić information content (AvgIpc) is 2.98. The number of nitrogens with zero attached hydrogens (tertiary/aromatic N) is 3. The van der Waals surface area contributed by atoms with Crippen LogP contribution in [0.2, 0.25) is 0 Å². The maximum Gasteiger partial charge on any atom is 0.119 e. The van der Waals surface area contributed by atoms with Crippen molar-refractivity contribution in [3.05, 3.63) is 48.0 Å². The van der Waals surface area contributed by atoms with Crippen LogP contribution in [-0.2, 0) is 19.6 Å². The second-order valence-corrected chi connectivity index (χ2v) is 4.12. The van der Waals surface area contributed by atoms with Crippen LogP contribution in [0.25, 0.3) is 0 Å². The Hall–Kier alpha value is -1.81. The van der Waals surface area contributed by atoms with E-state index >= 15 is 0 Å². The number of fused-ring (bicyclic) bond motifs is 1. The summed E-state index contributed by atoms with van der Waals surface area (Å²) in [5, 5.41) is 4.35. The highest BCUT2D eigenvalue weighted by molar-refractivity contribution is 5.37. The van der Waals surface area contributed by atoms with Crippen molar-refractivity contribution in [2.75, 3.05) is 6.61 Å². The van der Waals surface area contributed by atoms with Gasteiger partial charge in [0, 0.05) is 25.5 Å². The summed E-state index contributed by atoms with van der Waals surface area (Å²) < 4.78 is 7.72. The normalized spacial score (nSPS) is 13.6. The molecule has 0 saturated carbocycles. The number of ether oxygens (including phenoxy) is 1. The van der Waals surface area contributed by atoms with Crippen molar-refractivity contribution in [3.63, 3.8) is 0 Å². The van der Waals surface area contributed by atoms with E-state index < -0.39 is 0 Å². The minimum absolute atomic E-state index is 0.659. The van der Waals surface area contributed by atoms with E-state index in [0.717, 1.165) is 25.4 Å². The van der Waals surface area contributed by atoms with Gasteiger partial charge in [0.15, 0.2) is 0 Å². The van der Waals surface area contributed by atoms with Gasteiger partial charge in [0.1, 0.15) is 12.4 Å². The van der Waals surface area contributed by atoms with Gasteiger partial charge < -0.3 is 9.30 Å². The first-order chi connectivity index (χ1) is 8.42. The first kappa shape index (κ1) is 10.4. The van der Waals surface area contributed by atoms with Crippen LogP contribution in [0.15, 0.2) is 36.9 Å². The van der Waals surface area contributed by atoms with Crippen LogP contribution >= 0.6 is 0 Å². The molecule has 0 N–H and O–H groups in total. The molecule has 0 bridgehead atoms. The molecular formula is C13H14N3O. The SMILES string of the molecule is c1cn(CCOc2ccc3c(c2)C[N]C3)cn1. The van der Waals surface area contributed by atoms with Crippen molar-refractivity contribution in [1.82, 2.24) is 14.9 Å². The predicted molar refractivity (Wildman–Crippen MR) is 63.7 cm³/mol. The van der Waals surface area contributed by atoms with Gasteiger partial charge in [-0.2, -0.15) is 0 Å². The molecule has 3 rings (SSSR count). The molecule has 2 aromatic rings. The van der Waals surface area contributed by atoms with E-state index in [4.69, 9.17) is 4.74 Å². The molecule has 0 spiro atoms. The summed E-state index contributed by atoms with van der Waals surface area (Å²) in [5.74, 6) is 0.931. The lowest BCUT2D eigenvalue weighted by Gasteiger charge is -2.08. The van der Waals surface area contributed by atoms with E-state index in [1.54, 1.807) is 12.5 Å². The molecule has 0 saturated heterocycles. The third kappa shape index (κ3) is 2.31. The molecule has 0 aliphatic carbocycles. The molecule has 1 aromatic heterocycles. The van der Waals surface area contributed by atoms with Crippen molar-refractivity contribution in [2.24, 2.45) is 0 Å². The summed E-state index contributed by atoms with van der Waals surface area (Å²) in [6.45, 7) is 3.16. The number of hydrogen-bond donors (Lipinski definition) is 0. The molecule has 0 atom stereocenters. The second kappa shape index (κ2) is 4.59. The molecule has 1 aliphatic heterocycles. The quantitative estimate of drug-likeness (QED) is 0.797. The highest BCUT2D eigenvalue weighted by Crippen LogP contribution is 2.22. The highest BCUT2D eigenvalue weighted by Gasteiger charge is 2.11. The molecule has 1 aromatic carbocycles. The zero-order valence-corrected chi connectivity index (χ0v) is 9.54. The van der Waals surface area contributed by atoms with Gasteiger partial charge in [-0.05, 0) is 23.3 Å². The van der Waals surface area contributed by atoms with E-state index in [9.17, 15) is 0 Å². The van der Waals surface area contributed by atoms with E-state index in [-0.39, 0.29) is 0 Å². The molecule has 87 valence electrons. The summed E-state index contributed by atoms with van der Waals surface area (Å²) in [5.41, 5.74) is 2.62. The van der Waals surface area contributed by atoms with Gasteiger partial charge in [0.05, 0.1) is 12.9 Å². The molecule has 4 nitrogen and oxygen atoms in total. The van der Waals surface area contributed by atoms with Gasteiger partial charge in [-0.3, -0.25) is 0 Å². The summed E-state index contributed by atoms with van der Waals surface area (Å²) in [6, 6.07) is 6.23. The van der Waals surface area contributed by atoms with Crippen LogP contribution in [0.1, 0.15) is 11.1 Å². The van der Waals surface area contributed by atoms with Crippen LogP contribution in [-0.4, -0.2) is 16.2 Å². The predicted octanol–water partition coefficient (Wildman–Crippen LogP) is 1.58. The van der Waals surface area contributed by atoms with Gasteiger partial charge in [0.2, 0.25) is 0 Å². The zero-order valence-electron chi connectivity index (χ0n) is 9.54. The van der Waals surface area contributed by atoms with Crippen LogP contribution in [0.4, 0.5) is 0 Å². The maximum absolute atomic E-state index is 5.71. The van der Waals surface area contributed by atoms with Gasteiger partial charge in [-0.25, -0.2) is 10.3 Å². The van der Waals surface area contributed by atoms with E-state index in [0.29, 0.717) is 6.61 Å². The van der Waals surface area contributed by atoms with Gasteiger partial charge in [0.25, 0.3) is 0 Å². The minimum Gasteiger partial charge on any atom is -0.492 e. The zero-order chi connectivity index (χ0) is 11.5. The van der Waals surface area contributed by atoms with Crippen molar-refractivity contribution >= 4 is 0 Å². The van der Waals surface area contributed by atoms with Crippen molar-refractivity contribution < 1.29 is 4.74 Å². The fraction of sp³-hybridized carbons (Fsp3) is 0.308. The molecule has 1 radical (unpaired) electrons. The van der Waals surface area contributed by atoms with Crippen molar-refractivity contribution in [2.45, 2.75) is 19.6 Å². The average molecular weight is 228 g/mol. The number of imidazole rings is 1. The third-order valence-corrected chi connectivity index (χ3v) is 2.92. The second-order valence-electron chi connectivity index (χ2n) is 4.12. The summed E-state index contributed by atoms with van der Waals surface area (Å²) in [6.07, 6.45) is 5.51. The number of rotatable bonds is 4. The Balaban J connectivity index is 1.58. The lowest BCUT2D eigenvalue weighted by molar-refractivity contribution is 0.298. The fourth-order valence-corrected chi connectivity index (χ4v) is 1.98. The molecule has 2 heterocycles. The first-order valence-electron chi connectivity index (χ1n) is 5.75. The summed E-state index contributed by atoms with van der Waals surface area (Å²) in [7, 11) is 0. The van der Waals surface area contributed by atoms with Crippen molar-refractivity contribution in [1.29, 1.82) is 0 Å². The molecule has 1 aliphatic rings.